The summed E-state index contributed by atoms with van der Waals surface area (Å²) in [5.74, 6) is -3.96. The first-order valence-electron chi connectivity index (χ1n) is 8.56. The van der Waals surface area contributed by atoms with Gasteiger partial charge in [-0.05, 0) is 44.4 Å². The molecule has 1 aromatic carbocycles. The fraction of sp³-hybridized carbons (Fsp3) is 0.474. The Hall–Kier alpha value is -2.60. The lowest BCUT2D eigenvalue weighted by Gasteiger charge is -2.46. The highest BCUT2D eigenvalue weighted by molar-refractivity contribution is 5.79. The first kappa shape index (κ1) is 21.7. The van der Waals surface area contributed by atoms with Crippen LogP contribution in [0.15, 0.2) is 29.5 Å². The number of hydrogen-bond acceptors (Lipinski definition) is 4. The highest BCUT2D eigenvalue weighted by atomic mass is 19.4. The summed E-state index contributed by atoms with van der Waals surface area (Å²) in [7, 11) is 0. The number of nitrogens with zero attached hydrogens (tertiary/aromatic N) is 1. The van der Waals surface area contributed by atoms with Gasteiger partial charge in [0.15, 0.2) is 0 Å². The van der Waals surface area contributed by atoms with Gasteiger partial charge in [0.25, 0.3) is 0 Å². The van der Waals surface area contributed by atoms with Crippen molar-refractivity contribution >= 4 is 5.97 Å². The maximum atomic E-state index is 13.6. The number of aliphatic carboxylic acids is 1. The monoisotopic (exact) mass is 400 g/mol. The van der Waals surface area contributed by atoms with Gasteiger partial charge in [-0.3, -0.25) is 4.79 Å². The second-order valence-electron chi connectivity index (χ2n) is 6.96. The van der Waals surface area contributed by atoms with Crippen molar-refractivity contribution in [2.45, 2.75) is 44.8 Å². The van der Waals surface area contributed by atoms with Crippen LogP contribution in [-0.2, 0) is 11.0 Å². The van der Waals surface area contributed by atoms with Gasteiger partial charge in [0.05, 0.1) is 22.6 Å². The van der Waals surface area contributed by atoms with Gasteiger partial charge in [0.2, 0.25) is 0 Å². The molecule has 3 atom stereocenters. The third-order valence-corrected chi connectivity index (χ3v) is 5.27. The molecule has 1 aliphatic rings. The van der Waals surface area contributed by atoms with Gasteiger partial charge in [-0.25, -0.2) is 4.39 Å². The number of carbonyl (C=O) groups is 1. The maximum Gasteiger partial charge on any atom is 0.416 e. The van der Waals surface area contributed by atoms with Crippen molar-refractivity contribution in [3.05, 3.63) is 46.4 Å². The van der Waals surface area contributed by atoms with Crippen molar-refractivity contribution in [2.24, 2.45) is 5.41 Å². The topological polar surface area (TPSA) is 93.4 Å². The molecule has 0 saturated carbocycles. The average Bonchev–Trinajstić information content (AvgIpc) is 2.61. The summed E-state index contributed by atoms with van der Waals surface area (Å²) in [5.41, 5.74) is -3.51. The van der Waals surface area contributed by atoms with E-state index in [-0.39, 0.29) is 30.7 Å². The van der Waals surface area contributed by atoms with Crippen LogP contribution in [0.3, 0.4) is 0 Å². The van der Waals surface area contributed by atoms with E-state index in [9.17, 15) is 32.7 Å². The molecule has 0 spiro atoms. The molecule has 9 heteroatoms. The minimum Gasteiger partial charge on any atom is -0.481 e. The van der Waals surface area contributed by atoms with E-state index in [1.807, 2.05) is 6.07 Å². The number of alkyl halides is 3. The first-order valence-corrected chi connectivity index (χ1v) is 8.56. The summed E-state index contributed by atoms with van der Waals surface area (Å²) >= 11 is 0. The van der Waals surface area contributed by atoms with Gasteiger partial charge in [0.1, 0.15) is 5.82 Å². The zero-order valence-corrected chi connectivity index (χ0v) is 15.3. The number of aliphatic hydroxyl groups is 1. The van der Waals surface area contributed by atoms with Crippen LogP contribution >= 0.6 is 0 Å². The lowest BCUT2D eigenvalue weighted by molar-refractivity contribution is -0.152. The minimum atomic E-state index is -4.93. The van der Waals surface area contributed by atoms with Crippen molar-refractivity contribution in [2.75, 3.05) is 6.61 Å². The summed E-state index contributed by atoms with van der Waals surface area (Å²) in [5, 5.41) is 31.5. The second-order valence-corrected chi connectivity index (χ2v) is 6.96. The molecule has 5 nitrogen and oxygen atoms in total. The maximum absolute atomic E-state index is 13.6. The molecule has 0 radical (unpaired) electrons. The predicted molar refractivity (Wildman–Crippen MR) is 91.4 cm³/mol. The number of halogens is 4. The van der Waals surface area contributed by atoms with Crippen LogP contribution < -0.4 is 5.32 Å². The van der Waals surface area contributed by atoms with E-state index >= 15 is 0 Å². The van der Waals surface area contributed by atoms with Crippen molar-refractivity contribution in [1.29, 1.82) is 5.26 Å². The van der Waals surface area contributed by atoms with Crippen molar-refractivity contribution in [3.8, 4) is 6.07 Å². The summed E-state index contributed by atoms with van der Waals surface area (Å²) in [4.78, 5) is 12.2. The Morgan fingerprint density at radius 2 is 2.04 bits per heavy atom. The molecule has 0 aliphatic carbocycles. The van der Waals surface area contributed by atoms with Crippen molar-refractivity contribution < 1.29 is 32.6 Å². The quantitative estimate of drug-likeness (QED) is 0.657. The second kappa shape index (κ2) is 7.80. The number of nitriles is 1. The summed E-state index contributed by atoms with van der Waals surface area (Å²) in [6, 6.07) is 3.01. The predicted octanol–water partition coefficient (Wildman–Crippen LogP) is 3.56. The Morgan fingerprint density at radius 3 is 2.54 bits per heavy atom. The van der Waals surface area contributed by atoms with E-state index < -0.39 is 46.5 Å². The van der Waals surface area contributed by atoms with Crippen molar-refractivity contribution in [1.82, 2.24) is 5.32 Å². The van der Waals surface area contributed by atoms with Gasteiger partial charge in [-0.1, -0.05) is 6.07 Å². The van der Waals surface area contributed by atoms with Crippen LogP contribution in [0.5, 0.6) is 0 Å². The fourth-order valence-corrected chi connectivity index (χ4v) is 3.80. The Bertz CT molecular complexity index is 845. The molecule has 0 aromatic heterocycles. The number of rotatable bonds is 5. The average molecular weight is 400 g/mol. The lowest BCUT2D eigenvalue weighted by atomic mass is 9.61. The van der Waals surface area contributed by atoms with E-state index in [0.29, 0.717) is 6.07 Å². The van der Waals surface area contributed by atoms with Crippen LogP contribution in [0, 0.1) is 22.6 Å². The molecular formula is C19H20F4N2O3. The molecule has 1 aromatic rings. The largest absolute Gasteiger partial charge is 0.481 e. The number of benzene rings is 1. The molecule has 0 saturated heterocycles. The van der Waals surface area contributed by atoms with Crippen LogP contribution in [0.1, 0.15) is 43.7 Å². The summed E-state index contributed by atoms with van der Waals surface area (Å²) < 4.78 is 54.4. The van der Waals surface area contributed by atoms with Gasteiger partial charge in [-0.15, -0.1) is 0 Å². The number of carboxylic acids is 1. The van der Waals surface area contributed by atoms with E-state index in [2.05, 4.69) is 5.32 Å². The van der Waals surface area contributed by atoms with Gasteiger partial charge in [0, 0.05) is 24.3 Å². The minimum absolute atomic E-state index is 0.151. The number of hydrogen-bond donors (Lipinski definition) is 3. The molecular weight excluding hydrogens is 380 g/mol. The summed E-state index contributed by atoms with van der Waals surface area (Å²) in [6.45, 7) is 2.52. The molecule has 3 unspecified atom stereocenters. The zero-order valence-electron chi connectivity index (χ0n) is 15.3. The van der Waals surface area contributed by atoms with E-state index in [0.717, 1.165) is 12.1 Å². The summed E-state index contributed by atoms with van der Waals surface area (Å²) in [6.07, 6.45) is -4.55. The number of aliphatic hydroxyl groups excluding tert-OH is 1. The van der Waals surface area contributed by atoms with Crippen LogP contribution in [0.2, 0.25) is 0 Å². The van der Waals surface area contributed by atoms with Gasteiger partial charge >= 0.3 is 12.1 Å². The SMILES string of the molecule is CC1=C(C#N)C(c2ccc(F)cc2C(F)(F)F)C(C)(C(=O)O)C(CCCO)N1. The van der Waals surface area contributed by atoms with Gasteiger partial charge < -0.3 is 15.5 Å². The Morgan fingerprint density at radius 1 is 1.39 bits per heavy atom. The molecule has 3 N–H and O–H groups in total. The smallest absolute Gasteiger partial charge is 0.416 e. The molecule has 0 amide bonds. The van der Waals surface area contributed by atoms with Crippen LogP contribution in [-0.4, -0.2) is 28.8 Å². The first-order chi connectivity index (χ1) is 13.0. The van der Waals surface area contributed by atoms with E-state index in [4.69, 9.17) is 5.11 Å². The van der Waals surface area contributed by atoms with E-state index in [1.165, 1.54) is 13.8 Å². The van der Waals surface area contributed by atoms with Crippen molar-refractivity contribution in [3.63, 3.8) is 0 Å². The number of nitrogens with one attached hydrogen (secondary N) is 1. The molecule has 152 valence electrons. The highest BCUT2D eigenvalue weighted by Crippen LogP contribution is 2.51. The molecule has 0 bridgehead atoms. The molecule has 1 aliphatic heterocycles. The molecule has 2 rings (SSSR count). The third kappa shape index (κ3) is 3.69. The van der Waals surface area contributed by atoms with Gasteiger partial charge in [-0.2, -0.15) is 18.4 Å². The van der Waals surface area contributed by atoms with E-state index in [1.54, 1.807) is 0 Å². The third-order valence-electron chi connectivity index (χ3n) is 5.27. The molecule has 1 heterocycles. The molecule has 28 heavy (non-hydrogen) atoms. The van der Waals surface area contributed by atoms with Crippen LogP contribution in [0.25, 0.3) is 0 Å². The molecule has 0 fully saturated rings. The van der Waals surface area contributed by atoms with Crippen LogP contribution in [0.4, 0.5) is 17.6 Å². The number of allylic oxidation sites excluding steroid dienone is 2. The standard InChI is InChI=1S/C19H20F4N2O3/c1-10-13(9-24)16(12-6-5-11(20)8-14(12)19(21,22)23)18(2,17(27)28)15(25-10)4-3-7-26/h5-6,8,15-16,25-26H,3-4,7H2,1-2H3,(H,27,28). The fourth-order valence-electron chi connectivity index (χ4n) is 3.80. The Labute approximate surface area is 159 Å². The normalized spacial score (nSPS) is 25.2. The Balaban J connectivity index is 2.82. The lowest BCUT2D eigenvalue weighted by Crippen LogP contribution is -2.55. The zero-order chi connectivity index (χ0) is 21.3. The number of carboxylic acid groups (broad SMARTS) is 1. The Kier molecular flexibility index (Phi) is 6.04. The highest BCUT2D eigenvalue weighted by Gasteiger charge is 2.54.